The Kier molecular flexibility index (Phi) is 3.91. The van der Waals surface area contributed by atoms with E-state index in [9.17, 15) is 9.59 Å². The Morgan fingerprint density at radius 3 is 3.12 bits per heavy atom. The molecule has 0 saturated heterocycles. The van der Waals surface area contributed by atoms with Crippen LogP contribution in [0.4, 0.5) is 5.69 Å². The Bertz CT molecular complexity index is 427. The average molecular weight is 253 g/mol. The summed E-state index contributed by atoms with van der Waals surface area (Å²) in [6, 6.07) is 1.92. The molecule has 2 heterocycles. The monoisotopic (exact) mass is 253 g/mol. The number of thiophene rings is 1. The Morgan fingerprint density at radius 2 is 2.35 bits per heavy atom. The predicted molar refractivity (Wildman–Crippen MR) is 66.5 cm³/mol. The highest BCUT2D eigenvalue weighted by Gasteiger charge is 2.24. The molecule has 1 amide bonds. The smallest absolute Gasteiger partial charge is 0.227 e. The van der Waals surface area contributed by atoms with Crippen LogP contribution in [0, 0.1) is 0 Å². The van der Waals surface area contributed by atoms with E-state index in [0.717, 1.165) is 18.5 Å². The number of carbonyl (C=O) groups is 2. The highest BCUT2D eigenvalue weighted by Crippen LogP contribution is 2.31. The molecule has 0 unspecified atom stereocenters. The van der Waals surface area contributed by atoms with Crippen molar-refractivity contribution < 1.29 is 14.3 Å². The molecule has 0 aliphatic carbocycles. The number of ketones is 1. The molecule has 0 spiro atoms. The minimum absolute atomic E-state index is 0.0339. The SMILES string of the molecule is COCC(=O)CN1C(=O)CCCc2sccc21. The van der Waals surface area contributed by atoms with Crippen LogP contribution in [0.1, 0.15) is 17.7 Å². The topological polar surface area (TPSA) is 46.6 Å². The fraction of sp³-hybridized carbons (Fsp3) is 0.500. The third kappa shape index (κ3) is 2.73. The molecule has 0 saturated carbocycles. The molecule has 1 aromatic heterocycles. The number of Topliss-reactive ketones (excluding diaryl/α,β-unsaturated/α-hetero) is 1. The van der Waals surface area contributed by atoms with E-state index in [1.807, 2.05) is 11.4 Å². The maximum Gasteiger partial charge on any atom is 0.227 e. The van der Waals surface area contributed by atoms with Crippen molar-refractivity contribution in [1.82, 2.24) is 0 Å². The van der Waals surface area contributed by atoms with Crippen molar-refractivity contribution in [2.45, 2.75) is 19.3 Å². The summed E-state index contributed by atoms with van der Waals surface area (Å²) in [5, 5.41) is 1.97. The molecule has 92 valence electrons. The molecule has 0 bridgehead atoms. The minimum atomic E-state index is -0.0695. The van der Waals surface area contributed by atoms with Crippen molar-refractivity contribution in [3.63, 3.8) is 0 Å². The first-order valence-electron chi connectivity index (χ1n) is 5.59. The van der Waals surface area contributed by atoms with Gasteiger partial charge in [-0.05, 0) is 24.3 Å². The van der Waals surface area contributed by atoms with Gasteiger partial charge in [-0.25, -0.2) is 0 Å². The van der Waals surface area contributed by atoms with Crippen molar-refractivity contribution in [2.75, 3.05) is 25.2 Å². The van der Waals surface area contributed by atoms with Crippen LogP contribution in [-0.4, -0.2) is 32.0 Å². The van der Waals surface area contributed by atoms with E-state index in [-0.39, 0.29) is 24.8 Å². The first kappa shape index (κ1) is 12.3. The summed E-state index contributed by atoms with van der Waals surface area (Å²) in [5.41, 5.74) is 0.905. The van der Waals surface area contributed by atoms with E-state index in [4.69, 9.17) is 4.74 Å². The molecule has 4 nitrogen and oxygen atoms in total. The molecule has 0 N–H and O–H groups in total. The van der Waals surface area contributed by atoms with Crippen LogP contribution in [0.15, 0.2) is 11.4 Å². The number of carbonyl (C=O) groups excluding carboxylic acids is 2. The van der Waals surface area contributed by atoms with Gasteiger partial charge in [0.25, 0.3) is 0 Å². The molecule has 0 radical (unpaired) electrons. The summed E-state index contributed by atoms with van der Waals surface area (Å²) >= 11 is 1.65. The first-order valence-corrected chi connectivity index (χ1v) is 6.47. The van der Waals surface area contributed by atoms with E-state index in [0.29, 0.717) is 6.42 Å². The average Bonchev–Trinajstić information content (AvgIpc) is 2.69. The van der Waals surface area contributed by atoms with Crippen LogP contribution >= 0.6 is 11.3 Å². The number of hydrogen-bond acceptors (Lipinski definition) is 4. The van der Waals surface area contributed by atoms with Gasteiger partial charge in [0.05, 0.1) is 12.2 Å². The Balaban J connectivity index is 2.19. The lowest BCUT2D eigenvalue weighted by Crippen LogP contribution is -2.36. The lowest BCUT2D eigenvalue weighted by molar-refractivity contribution is -0.124. The molecule has 1 aliphatic rings. The van der Waals surface area contributed by atoms with E-state index in [1.165, 1.54) is 12.0 Å². The number of fused-ring (bicyclic) bond motifs is 1. The van der Waals surface area contributed by atoms with Gasteiger partial charge in [-0.3, -0.25) is 9.59 Å². The second-order valence-corrected chi connectivity index (χ2v) is 5.03. The zero-order valence-corrected chi connectivity index (χ0v) is 10.6. The summed E-state index contributed by atoms with van der Waals surface area (Å²) < 4.78 is 4.80. The lowest BCUT2D eigenvalue weighted by atomic mass is 10.2. The zero-order valence-electron chi connectivity index (χ0n) is 9.77. The maximum atomic E-state index is 12.0. The van der Waals surface area contributed by atoms with Gasteiger partial charge in [0, 0.05) is 18.4 Å². The number of methoxy groups -OCH3 is 1. The second kappa shape index (κ2) is 5.42. The Labute approximate surface area is 104 Å². The highest BCUT2D eigenvalue weighted by molar-refractivity contribution is 7.10. The second-order valence-electron chi connectivity index (χ2n) is 4.03. The number of anilines is 1. The molecule has 5 heteroatoms. The van der Waals surface area contributed by atoms with Crippen LogP contribution in [-0.2, 0) is 20.7 Å². The fourth-order valence-corrected chi connectivity index (χ4v) is 2.91. The van der Waals surface area contributed by atoms with Crippen LogP contribution < -0.4 is 4.90 Å². The molecular weight excluding hydrogens is 238 g/mol. The number of nitrogens with zero attached hydrogens (tertiary/aromatic N) is 1. The molecule has 1 aliphatic heterocycles. The zero-order chi connectivity index (χ0) is 12.3. The summed E-state index contributed by atoms with van der Waals surface area (Å²) in [4.78, 5) is 26.3. The molecule has 0 aromatic carbocycles. The quantitative estimate of drug-likeness (QED) is 0.819. The molecule has 0 atom stereocenters. The molecule has 17 heavy (non-hydrogen) atoms. The van der Waals surface area contributed by atoms with Gasteiger partial charge in [-0.15, -0.1) is 11.3 Å². The third-order valence-corrected chi connectivity index (χ3v) is 3.72. The number of rotatable bonds is 4. The Morgan fingerprint density at radius 1 is 1.53 bits per heavy atom. The number of aryl methyl sites for hydroxylation is 1. The molecular formula is C12H15NO3S. The third-order valence-electron chi connectivity index (χ3n) is 2.75. The number of amides is 1. The summed E-state index contributed by atoms with van der Waals surface area (Å²) in [5.74, 6) is -0.0356. The minimum Gasteiger partial charge on any atom is -0.377 e. The lowest BCUT2D eigenvalue weighted by Gasteiger charge is -2.20. The van der Waals surface area contributed by atoms with E-state index in [2.05, 4.69) is 0 Å². The Hall–Kier alpha value is -1.20. The van der Waals surface area contributed by atoms with Crippen LogP contribution in [0.3, 0.4) is 0 Å². The van der Waals surface area contributed by atoms with Gasteiger partial charge in [0.2, 0.25) is 5.91 Å². The van der Waals surface area contributed by atoms with E-state index in [1.54, 1.807) is 16.2 Å². The fourth-order valence-electron chi connectivity index (χ4n) is 1.99. The van der Waals surface area contributed by atoms with Gasteiger partial charge in [-0.1, -0.05) is 0 Å². The van der Waals surface area contributed by atoms with E-state index < -0.39 is 0 Å². The van der Waals surface area contributed by atoms with Crippen LogP contribution in [0.5, 0.6) is 0 Å². The van der Waals surface area contributed by atoms with Crippen molar-refractivity contribution in [2.24, 2.45) is 0 Å². The molecule has 0 fully saturated rings. The van der Waals surface area contributed by atoms with Crippen molar-refractivity contribution in [1.29, 1.82) is 0 Å². The maximum absolute atomic E-state index is 12.0. The van der Waals surface area contributed by atoms with Gasteiger partial charge in [0.15, 0.2) is 5.78 Å². The summed E-state index contributed by atoms with van der Waals surface area (Å²) in [6.07, 6.45) is 2.30. The van der Waals surface area contributed by atoms with Crippen LogP contribution in [0.2, 0.25) is 0 Å². The normalized spacial score (nSPS) is 15.6. The van der Waals surface area contributed by atoms with Gasteiger partial charge >= 0.3 is 0 Å². The highest BCUT2D eigenvalue weighted by atomic mass is 32.1. The van der Waals surface area contributed by atoms with Crippen molar-refractivity contribution in [3.8, 4) is 0 Å². The number of ether oxygens (including phenoxy) is 1. The molecule has 1 aromatic rings. The summed E-state index contributed by atoms with van der Waals surface area (Å²) in [7, 11) is 1.48. The van der Waals surface area contributed by atoms with Gasteiger partial charge in [0.1, 0.15) is 6.61 Å². The number of hydrogen-bond donors (Lipinski definition) is 0. The largest absolute Gasteiger partial charge is 0.377 e. The summed E-state index contributed by atoms with van der Waals surface area (Å²) in [6.45, 7) is 0.180. The van der Waals surface area contributed by atoms with Crippen molar-refractivity contribution >= 4 is 28.7 Å². The first-order chi connectivity index (χ1) is 8.22. The predicted octanol–water partition coefficient (Wildman–Crippen LogP) is 1.63. The van der Waals surface area contributed by atoms with Gasteiger partial charge < -0.3 is 9.64 Å². The van der Waals surface area contributed by atoms with Crippen LogP contribution in [0.25, 0.3) is 0 Å². The standard InChI is InChI=1S/C12H15NO3S/c1-16-8-9(14)7-13-10-5-6-17-11(10)3-2-4-12(13)15/h5-6H,2-4,7-8H2,1H3. The molecule has 2 rings (SSSR count). The van der Waals surface area contributed by atoms with E-state index >= 15 is 0 Å². The van der Waals surface area contributed by atoms with Crippen molar-refractivity contribution in [3.05, 3.63) is 16.3 Å². The van der Waals surface area contributed by atoms with Gasteiger partial charge in [-0.2, -0.15) is 0 Å².